The van der Waals surface area contributed by atoms with E-state index in [9.17, 15) is 9.59 Å². The molecule has 0 saturated carbocycles. The summed E-state index contributed by atoms with van der Waals surface area (Å²) in [4.78, 5) is 23.7. The number of carbonyl (C=O) groups is 2. The van der Waals surface area contributed by atoms with Gasteiger partial charge in [-0.05, 0) is 23.6 Å². The molecule has 1 rings (SSSR count). The molecule has 19 heavy (non-hydrogen) atoms. The highest BCUT2D eigenvalue weighted by Gasteiger charge is 2.25. The number of hydrogen-bond acceptors (Lipinski definition) is 3. The third kappa shape index (κ3) is 4.24. The fraction of sp³-hybridized carbons (Fsp3) is 0.429. The molecule has 1 aromatic rings. The van der Waals surface area contributed by atoms with E-state index in [4.69, 9.17) is 11.6 Å². The lowest BCUT2D eigenvalue weighted by Gasteiger charge is -2.19. The maximum absolute atomic E-state index is 12.1. The normalized spacial score (nSPS) is 12.1. The Hall–Kier alpha value is -1.55. The Labute approximate surface area is 118 Å². The zero-order chi connectivity index (χ0) is 14.4. The van der Waals surface area contributed by atoms with E-state index >= 15 is 0 Å². The standard InChI is InChI=1S/C14H18ClNO3/c1-9(2)12(14(18)19-3)16-13(17)11-6-4-5-10(7-11)8-15/h4-7,9,12H,8H2,1-3H3,(H,16,17)/t12-/m1/s1. The Morgan fingerprint density at radius 1 is 1.37 bits per heavy atom. The minimum absolute atomic E-state index is 0.0485. The Morgan fingerprint density at radius 2 is 2.05 bits per heavy atom. The number of esters is 1. The molecule has 0 bridgehead atoms. The number of ether oxygens (including phenoxy) is 1. The van der Waals surface area contributed by atoms with E-state index in [-0.39, 0.29) is 11.8 Å². The van der Waals surface area contributed by atoms with E-state index in [1.165, 1.54) is 7.11 Å². The predicted octanol–water partition coefficient (Wildman–Crippen LogP) is 2.35. The van der Waals surface area contributed by atoms with Gasteiger partial charge >= 0.3 is 5.97 Å². The zero-order valence-electron chi connectivity index (χ0n) is 11.3. The van der Waals surface area contributed by atoms with Gasteiger partial charge in [-0.15, -0.1) is 11.6 Å². The maximum Gasteiger partial charge on any atom is 0.328 e. The lowest BCUT2D eigenvalue weighted by Crippen LogP contribution is -2.45. The van der Waals surface area contributed by atoms with Crippen LogP contribution in [0, 0.1) is 5.92 Å². The zero-order valence-corrected chi connectivity index (χ0v) is 12.0. The van der Waals surface area contributed by atoms with Gasteiger partial charge in [-0.1, -0.05) is 26.0 Å². The summed E-state index contributed by atoms with van der Waals surface area (Å²) in [6.45, 7) is 3.69. The molecule has 0 unspecified atom stereocenters. The van der Waals surface area contributed by atoms with Gasteiger partial charge in [0.1, 0.15) is 6.04 Å². The number of benzene rings is 1. The third-order valence-corrected chi connectivity index (χ3v) is 3.06. The molecule has 1 amide bonds. The Morgan fingerprint density at radius 3 is 2.58 bits per heavy atom. The van der Waals surface area contributed by atoms with Gasteiger partial charge in [0.15, 0.2) is 0 Å². The second-order valence-corrected chi connectivity index (χ2v) is 4.82. The van der Waals surface area contributed by atoms with Crippen LogP contribution in [0.3, 0.4) is 0 Å². The molecule has 1 atom stereocenters. The molecule has 1 N–H and O–H groups in total. The molecule has 104 valence electrons. The van der Waals surface area contributed by atoms with Crippen LogP contribution in [0.15, 0.2) is 24.3 Å². The monoisotopic (exact) mass is 283 g/mol. The van der Waals surface area contributed by atoms with Crippen LogP contribution < -0.4 is 5.32 Å². The first-order valence-electron chi connectivity index (χ1n) is 6.03. The lowest BCUT2D eigenvalue weighted by molar-refractivity contribution is -0.144. The van der Waals surface area contributed by atoms with Crippen LogP contribution in [-0.4, -0.2) is 25.0 Å². The van der Waals surface area contributed by atoms with Crippen molar-refractivity contribution in [3.8, 4) is 0 Å². The first-order chi connectivity index (χ1) is 8.99. The molecule has 0 heterocycles. The number of nitrogens with one attached hydrogen (secondary N) is 1. The van der Waals surface area contributed by atoms with Crippen molar-refractivity contribution in [3.05, 3.63) is 35.4 Å². The summed E-state index contributed by atoms with van der Waals surface area (Å²) in [7, 11) is 1.30. The first-order valence-corrected chi connectivity index (χ1v) is 6.56. The van der Waals surface area contributed by atoms with Crippen LogP contribution in [-0.2, 0) is 15.4 Å². The minimum Gasteiger partial charge on any atom is -0.467 e. The highest BCUT2D eigenvalue weighted by atomic mass is 35.5. The smallest absolute Gasteiger partial charge is 0.328 e. The van der Waals surface area contributed by atoms with Crippen LogP contribution in [0.2, 0.25) is 0 Å². The maximum atomic E-state index is 12.1. The molecule has 0 aliphatic heterocycles. The molecule has 0 spiro atoms. The van der Waals surface area contributed by atoms with Crippen LogP contribution >= 0.6 is 11.6 Å². The SMILES string of the molecule is COC(=O)[C@H](NC(=O)c1cccc(CCl)c1)C(C)C. The van der Waals surface area contributed by atoms with E-state index in [0.29, 0.717) is 11.4 Å². The highest BCUT2D eigenvalue weighted by molar-refractivity contribution is 6.17. The second-order valence-electron chi connectivity index (χ2n) is 4.55. The molecule has 0 fully saturated rings. The third-order valence-electron chi connectivity index (χ3n) is 2.75. The minimum atomic E-state index is -0.655. The molecule has 4 nitrogen and oxygen atoms in total. The Kier molecular flexibility index (Phi) is 5.83. The molecule has 1 aromatic carbocycles. The van der Waals surface area contributed by atoms with Crippen molar-refractivity contribution >= 4 is 23.5 Å². The number of methoxy groups -OCH3 is 1. The van der Waals surface area contributed by atoms with Crippen LogP contribution in [0.25, 0.3) is 0 Å². The van der Waals surface area contributed by atoms with E-state index in [1.807, 2.05) is 19.9 Å². The average Bonchev–Trinajstić information content (AvgIpc) is 2.43. The average molecular weight is 284 g/mol. The summed E-state index contributed by atoms with van der Waals surface area (Å²) in [6, 6.07) is 6.33. The van der Waals surface area contributed by atoms with Crippen molar-refractivity contribution in [3.63, 3.8) is 0 Å². The molecular weight excluding hydrogens is 266 g/mol. The summed E-state index contributed by atoms with van der Waals surface area (Å²) in [5.41, 5.74) is 1.33. The number of halogens is 1. The molecule has 0 aromatic heterocycles. The fourth-order valence-corrected chi connectivity index (χ4v) is 1.81. The van der Waals surface area contributed by atoms with Crippen molar-refractivity contribution in [1.29, 1.82) is 0 Å². The van der Waals surface area contributed by atoms with Gasteiger partial charge in [0.25, 0.3) is 5.91 Å². The van der Waals surface area contributed by atoms with E-state index in [2.05, 4.69) is 10.1 Å². The quantitative estimate of drug-likeness (QED) is 0.667. The van der Waals surface area contributed by atoms with Gasteiger partial charge in [-0.3, -0.25) is 4.79 Å². The van der Waals surface area contributed by atoms with Crippen LogP contribution in [0.5, 0.6) is 0 Å². The van der Waals surface area contributed by atoms with Crippen LogP contribution in [0.4, 0.5) is 0 Å². The van der Waals surface area contributed by atoms with Gasteiger partial charge in [-0.25, -0.2) is 4.79 Å². The molecule has 0 radical (unpaired) electrons. The molecule has 0 saturated heterocycles. The number of carbonyl (C=O) groups excluding carboxylic acids is 2. The lowest BCUT2D eigenvalue weighted by atomic mass is 10.0. The van der Waals surface area contributed by atoms with Gasteiger partial charge in [0.05, 0.1) is 7.11 Å². The van der Waals surface area contributed by atoms with Crippen molar-refractivity contribution in [2.45, 2.75) is 25.8 Å². The number of hydrogen-bond donors (Lipinski definition) is 1. The summed E-state index contributed by atoms with van der Waals surface area (Å²) < 4.78 is 4.68. The fourth-order valence-electron chi connectivity index (χ4n) is 1.64. The van der Waals surface area contributed by atoms with Gasteiger partial charge < -0.3 is 10.1 Å². The molecule has 5 heteroatoms. The summed E-state index contributed by atoms with van der Waals surface area (Å²) >= 11 is 5.73. The van der Waals surface area contributed by atoms with Crippen LogP contribution in [0.1, 0.15) is 29.8 Å². The van der Waals surface area contributed by atoms with E-state index in [0.717, 1.165) is 5.56 Å². The summed E-state index contributed by atoms with van der Waals surface area (Å²) in [6.07, 6.45) is 0. The van der Waals surface area contributed by atoms with Crippen molar-refractivity contribution < 1.29 is 14.3 Å². The van der Waals surface area contributed by atoms with Gasteiger partial charge in [-0.2, -0.15) is 0 Å². The van der Waals surface area contributed by atoms with Gasteiger partial charge in [0, 0.05) is 11.4 Å². The second kappa shape index (κ2) is 7.14. The van der Waals surface area contributed by atoms with Crippen molar-refractivity contribution in [1.82, 2.24) is 5.32 Å². The first kappa shape index (κ1) is 15.5. The number of rotatable bonds is 5. The molecular formula is C14H18ClNO3. The number of alkyl halides is 1. The Balaban J connectivity index is 2.84. The van der Waals surface area contributed by atoms with E-state index < -0.39 is 12.0 Å². The van der Waals surface area contributed by atoms with Gasteiger partial charge in [0.2, 0.25) is 0 Å². The Bertz CT molecular complexity index is 460. The van der Waals surface area contributed by atoms with Crippen molar-refractivity contribution in [2.75, 3.05) is 7.11 Å². The topological polar surface area (TPSA) is 55.4 Å². The van der Waals surface area contributed by atoms with Crippen molar-refractivity contribution in [2.24, 2.45) is 5.92 Å². The molecule has 0 aliphatic rings. The largest absolute Gasteiger partial charge is 0.467 e. The summed E-state index contributed by atoms with van der Waals surface area (Å²) in [5.74, 6) is -0.466. The highest BCUT2D eigenvalue weighted by Crippen LogP contribution is 2.10. The number of amides is 1. The summed E-state index contributed by atoms with van der Waals surface area (Å²) in [5, 5.41) is 2.68. The predicted molar refractivity (Wildman–Crippen MR) is 74.1 cm³/mol. The van der Waals surface area contributed by atoms with E-state index in [1.54, 1.807) is 18.2 Å². The molecule has 0 aliphatic carbocycles.